The summed E-state index contributed by atoms with van der Waals surface area (Å²) in [4.78, 5) is 12.9. The third-order valence-corrected chi connectivity index (χ3v) is 5.94. The number of hydrogen-bond acceptors (Lipinski definition) is 3. The molecule has 1 amide bonds. The molecule has 4 aromatic rings. The minimum Gasteiger partial charge on any atom is -0.488 e. The lowest BCUT2D eigenvalue weighted by molar-refractivity contribution is -0.112. The molecular formula is C29H23ClN2O2. The Hall–Kier alpha value is -4.07. The molecule has 34 heavy (non-hydrogen) atoms. The van der Waals surface area contributed by atoms with Gasteiger partial charge in [0.05, 0.1) is 0 Å². The van der Waals surface area contributed by atoms with Gasteiger partial charge in [-0.2, -0.15) is 5.26 Å². The maximum absolute atomic E-state index is 12.9. The molecule has 0 aliphatic carbocycles. The fraction of sp³-hybridized carbons (Fsp3) is 0.103. The number of nitrogens with zero attached hydrogens (tertiary/aromatic N) is 1. The molecule has 0 radical (unpaired) electrons. The summed E-state index contributed by atoms with van der Waals surface area (Å²) in [5.74, 6) is 0.0815. The highest BCUT2D eigenvalue weighted by Gasteiger charge is 2.14. The van der Waals surface area contributed by atoms with E-state index in [1.54, 1.807) is 18.2 Å². The first-order valence-corrected chi connectivity index (χ1v) is 11.2. The van der Waals surface area contributed by atoms with Gasteiger partial charge in [-0.1, -0.05) is 77.8 Å². The van der Waals surface area contributed by atoms with Crippen molar-refractivity contribution in [1.29, 1.82) is 5.26 Å². The number of aryl methyl sites for hydroxylation is 2. The third-order valence-electron chi connectivity index (χ3n) is 5.53. The van der Waals surface area contributed by atoms with Gasteiger partial charge < -0.3 is 10.1 Å². The van der Waals surface area contributed by atoms with E-state index < -0.39 is 5.91 Å². The second kappa shape index (κ2) is 10.2. The van der Waals surface area contributed by atoms with Crippen molar-refractivity contribution in [3.63, 3.8) is 0 Å². The van der Waals surface area contributed by atoms with E-state index in [2.05, 4.69) is 5.32 Å². The van der Waals surface area contributed by atoms with Gasteiger partial charge in [0.15, 0.2) is 0 Å². The number of hydrogen-bond donors (Lipinski definition) is 1. The lowest BCUT2D eigenvalue weighted by Crippen LogP contribution is -2.13. The lowest BCUT2D eigenvalue weighted by Gasteiger charge is -2.13. The Morgan fingerprint density at radius 2 is 1.79 bits per heavy atom. The predicted octanol–water partition coefficient (Wildman–Crippen LogP) is 7.23. The fourth-order valence-corrected chi connectivity index (χ4v) is 3.74. The van der Waals surface area contributed by atoms with Crippen LogP contribution in [-0.4, -0.2) is 5.91 Å². The van der Waals surface area contributed by atoms with Gasteiger partial charge in [-0.15, -0.1) is 0 Å². The Labute approximate surface area is 204 Å². The molecule has 168 valence electrons. The Kier molecular flexibility index (Phi) is 6.96. The van der Waals surface area contributed by atoms with E-state index in [-0.39, 0.29) is 5.57 Å². The normalized spacial score (nSPS) is 11.2. The molecule has 1 N–H and O–H groups in total. The summed E-state index contributed by atoms with van der Waals surface area (Å²) < 4.78 is 6.14. The van der Waals surface area contributed by atoms with Crippen molar-refractivity contribution < 1.29 is 9.53 Å². The molecule has 0 aliphatic rings. The Balaban J connectivity index is 1.69. The zero-order valence-corrected chi connectivity index (χ0v) is 19.7. The fourth-order valence-electron chi connectivity index (χ4n) is 3.56. The van der Waals surface area contributed by atoms with Gasteiger partial charge in [0, 0.05) is 16.3 Å². The molecule has 4 nitrogen and oxygen atoms in total. The molecule has 5 heteroatoms. The lowest BCUT2D eigenvalue weighted by atomic mass is 10.0. The van der Waals surface area contributed by atoms with E-state index in [4.69, 9.17) is 16.3 Å². The van der Waals surface area contributed by atoms with Crippen molar-refractivity contribution in [3.05, 3.63) is 112 Å². The van der Waals surface area contributed by atoms with Crippen LogP contribution in [0.25, 0.3) is 16.8 Å². The number of amides is 1. The molecule has 0 heterocycles. The SMILES string of the molecule is Cc1ccc(COc2ccc3ccccc3c2/C=C(\C#N)C(=O)Nc2ccc(C)c(Cl)c2)cc1. The van der Waals surface area contributed by atoms with Crippen LogP contribution in [0.4, 0.5) is 5.69 Å². The zero-order chi connectivity index (χ0) is 24.1. The number of nitrogens with one attached hydrogen (secondary N) is 1. The van der Waals surface area contributed by atoms with E-state index in [9.17, 15) is 10.1 Å². The van der Waals surface area contributed by atoms with Crippen molar-refractivity contribution in [1.82, 2.24) is 0 Å². The van der Waals surface area contributed by atoms with Gasteiger partial charge in [0.2, 0.25) is 0 Å². The van der Waals surface area contributed by atoms with Crippen molar-refractivity contribution in [2.45, 2.75) is 20.5 Å². The number of rotatable bonds is 6. The van der Waals surface area contributed by atoms with Crippen LogP contribution in [0.2, 0.25) is 5.02 Å². The predicted molar refractivity (Wildman–Crippen MR) is 138 cm³/mol. The van der Waals surface area contributed by atoms with Crippen LogP contribution < -0.4 is 10.1 Å². The zero-order valence-electron chi connectivity index (χ0n) is 18.9. The average Bonchev–Trinajstić information content (AvgIpc) is 2.84. The Bertz CT molecular complexity index is 1430. The number of halogens is 1. The highest BCUT2D eigenvalue weighted by molar-refractivity contribution is 6.31. The number of benzene rings is 4. The van der Waals surface area contributed by atoms with E-state index >= 15 is 0 Å². The largest absolute Gasteiger partial charge is 0.488 e. The van der Waals surface area contributed by atoms with Gasteiger partial charge in [0.25, 0.3) is 5.91 Å². The van der Waals surface area contributed by atoms with E-state index in [1.807, 2.05) is 86.6 Å². The maximum atomic E-state index is 12.9. The summed E-state index contributed by atoms with van der Waals surface area (Å²) in [5, 5.41) is 15.0. The van der Waals surface area contributed by atoms with Crippen LogP contribution in [-0.2, 0) is 11.4 Å². The van der Waals surface area contributed by atoms with Crippen LogP contribution in [0.3, 0.4) is 0 Å². The number of ether oxygens (including phenoxy) is 1. The average molecular weight is 467 g/mol. The number of fused-ring (bicyclic) bond motifs is 1. The van der Waals surface area contributed by atoms with E-state index in [1.165, 1.54) is 5.56 Å². The second-order valence-electron chi connectivity index (χ2n) is 8.06. The molecule has 0 bridgehead atoms. The molecule has 0 unspecified atom stereocenters. The first kappa shape index (κ1) is 23.1. The molecule has 4 aromatic carbocycles. The summed E-state index contributed by atoms with van der Waals surface area (Å²) in [6, 6.07) is 27.0. The van der Waals surface area contributed by atoms with Gasteiger partial charge in [-0.3, -0.25) is 4.79 Å². The van der Waals surface area contributed by atoms with Crippen LogP contribution >= 0.6 is 11.6 Å². The molecule has 0 saturated carbocycles. The summed E-state index contributed by atoms with van der Waals surface area (Å²) in [5.41, 5.74) is 4.28. The summed E-state index contributed by atoms with van der Waals surface area (Å²) in [6.07, 6.45) is 1.58. The van der Waals surface area contributed by atoms with Crippen molar-refractivity contribution in [2.24, 2.45) is 0 Å². The highest BCUT2D eigenvalue weighted by Crippen LogP contribution is 2.31. The Morgan fingerprint density at radius 3 is 2.53 bits per heavy atom. The minimum atomic E-state index is -0.514. The first-order chi connectivity index (χ1) is 16.4. The summed E-state index contributed by atoms with van der Waals surface area (Å²) in [7, 11) is 0. The summed E-state index contributed by atoms with van der Waals surface area (Å²) >= 11 is 6.17. The van der Waals surface area contributed by atoms with Crippen LogP contribution in [0.5, 0.6) is 5.75 Å². The van der Waals surface area contributed by atoms with Gasteiger partial charge in [-0.05, 0) is 60.0 Å². The van der Waals surface area contributed by atoms with E-state index in [0.29, 0.717) is 28.6 Å². The van der Waals surface area contributed by atoms with Crippen molar-refractivity contribution in [2.75, 3.05) is 5.32 Å². The molecule has 0 spiro atoms. The van der Waals surface area contributed by atoms with Gasteiger partial charge >= 0.3 is 0 Å². The Morgan fingerprint density at radius 1 is 1.03 bits per heavy atom. The standard InChI is InChI=1S/C29H23ClN2O2/c1-19-7-10-21(11-8-19)18-34-28-14-12-22-5-3-4-6-25(22)26(28)15-23(17-31)29(33)32-24-13-9-20(2)27(30)16-24/h3-16H,18H2,1-2H3,(H,32,33)/b23-15+. The molecule has 0 saturated heterocycles. The molecule has 4 rings (SSSR count). The molecule has 0 fully saturated rings. The maximum Gasteiger partial charge on any atom is 0.266 e. The number of carbonyl (C=O) groups is 1. The molecule has 0 atom stereocenters. The van der Waals surface area contributed by atoms with Crippen LogP contribution in [0, 0.1) is 25.2 Å². The smallest absolute Gasteiger partial charge is 0.266 e. The summed E-state index contributed by atoms with van der Waals surface area (Å²) in [6.45, 7) is 4.29. The number of anilines is 1. The first-order valence-electron chi connectivity index (χ1n) is 10.8. The number of nitriles is 1. The second-order valence-corrected chi connectivity index (χ2v) is 8.47. The van der Waals surface area contributed by atoms with Gasteiger partial charge in [-0.25, -0.2) is 0 Å². The van der Waals surface area contributed by atoms with Gasteiger partial charge in [0.1, 0.15) is 24.0 Å². The molecule has 0 aromatic heterocycles. The highest BCUT2D eigenvalue weighted by atomic mass is 35.5. The minimum absolute atomic E-state index is 0.0340. The van der Waals surface area contributed by atoms with Crippen LogP contribution in [0.1, 0.15) is 22.3 Å². The van der Waals surface area contributed by atoms with Crippen molar-refractivity contribution >= 4 is 40.0 Å². The van der Waals surface area contributed by atoms with Crippen molar-refractivity contribution in [3.8, 4) is 11.8 Å². The molecule has 0 aliphatic heterocycles. The monoisotopic (exact) mass is 466 g/mol. The third kappa shape index (κ3) is 5.28. The molecular weight excluding hydrogens is 444 g/mol. The number of carbonyl (C=O) groups excluding carboxylic acids is 1. The van der Waals surface area contributed by atoms with Crippen LogP contribution in [0.15, 0.2) is 84.4 Å². The quantitative estimate of drug-likeness (QED) is 0.241. The van der Waals surface area contributed by atoms with E-state index in [0.717, 1.165) is 21.9 Å². The topological polar surface area (TPSA) is 62.1 Å².